The van der Waals surface area contributed by atoms with Gasteiger partial charge >= 0.3 is 6.03 Å². The van der Waals surface area contributed by atoms with Crippen molar-refractivity contribution in [1.29, 1.82) is 0 Å². The summed E-state index contributed by atoms with van der Waals surface area (Å²) in [7, 11) is 0. The minimum absolute atomic E-state index is 0.00554. The fourth-order valence-corrected chi connectivity index (χ4v) is 3.84. The van der Waals surface area contributed by atoms with E-state index in [4.69, 9.17) is 0 Å². The van der Waals surface area contributed by atoms with E-state index in [9.17, 15) is 19.2 Å². The summed E-state index contributed by atoms with van der Waals surface area (Å²) >= 11 is 0. The van der Waals surface area contributed by atoms with Gasteiger partial charge in [0.2, 0.25) is 11.8 Å². The molecule has 2 aliphatic rings. The van der Waals surface area contributed by atoms with E-state index < -0.39 is 29.3 Å². The number of urea groups is 1. The van der Waals surface area contributed by atoms with Gasteiger partial charge < -0.3 is 10.2 Å². The minimum Gasteiger partial charge on any atom is -0.342 e. The molecule has 29 heavy (non-hydrogen) atoms. The number of aryl methyl sites for hydroxylation is 1. The molecule has 0 aliphatic carbocycles. The molecule has 2 heterocycles. The quantitative estimate of drug-likeness (QED) is 0.709. The molecule has 3 rings (SSSR count). The first kappa shape index (κ1) is 20.8. The van der Waals surface area contributed by atoms with Crippen molar-refractivity contribution in [3.8, 4) is 0 Å². The fourth-order valence-electron chi connectivity index (χ4n) is 3.84. The van der Waals surface area contributed by atoms with Crippen LogP contribution < -0.4 is 10.7 Å². The van der Waals surface area contributed by atoms with Gasteiger partial charge in [-0.1, -0.05) is 37.3 Å². The van der Waals surface area contributed by atoms with Crippen LogP contribution in [0, 0.1) is 5.92 Å². The fraction of sp³-hybridized carbons (Fsp3) is 0.524. The summed E-state index contributed by atoms with van der Waals surface area (Å²) in [5.41, 5.74) is 2.47. The Balaban J connectivity index is 1.60. The summed E-state index contributed by atoms with van der Waals surface area (Å²) in [4.78, 5) is 51.5. The van der Waals surface area contributed by atoms with E-state index in [-0.39, 0.29) is 5.91 Å². The highest BCUT2D eigenvalue weighted by Gasteiger charge is 2.48. The van der Waals surface area contributed by atoms with Crippen molar-refractivity contribution in [2.75, 3.05) is 13.1 Å². The molecule has 0 radical (unpaired) electrons. The number of hydrogen-bond acceptors (Lipinski definition) is 4. The van der Waals surface area contributed by atoms with Gasteiger partial charge in [0.25, 0.3) is 5.91 Å². The number of piperidine rings is 1. The second kappa shape index (κ2) is 8.63. The van der Waals surface area contributed by atoms with Crippen LogP contribution in [0.3, 0.4) is 0 Å². The maximum atomic E-state index is 12.9. The first-order valence-corrected chi connectivity index (χ1v) is 10.1. The Morgan fingerprint density at radius 1 is 1.24 bits per heavy atom. The van der Waals surface area contributed by atoms with Crippen molar-refractivity contribution in [3.05, 3.63) is 35.9 Å². The number of likely N-dealkylation sites (tertiary alicyclic amines) is 1. The Kier molecular flexibility index (Phi) is 6.20. The van der Waals surface area contributed by atoms with Crippen LogP contribution in [-0.2, 0) is 20.8 Å². The molecule has 0 spiro atoms. The lowest BCUT2D eigenvalue weighted by Crippen LogP contribution is -2.53. The topological polar surface area (TPSA) is 98.8 Å². The van der Waals surface area contributed by atoms with Gasteiger partial charge in [0.1, 0.15) is 5.54 Å². The number of nitrogens with one attached hydrogen (secondary N) is 2. The molecule has 0 aromatic heterocycles. The highest BCUT2D eigenvalue weighted by Crippen LogP contribution is 2.23. The molecule has 2 N–H and O–H groups in total. The Morgan fingerprint density at radius 3 is 2.66 bits per heavy atom. The molecule has 156 valence electrons. The van der Waals surface area contributed by atoms with Gasteiger partial charge in [-0.2, -0.15) is 5.01 Å². The standard InChI is InChI=1S/C21H28N4O4/c1-3-17(26)24-13-7-10-16(14-24)18(27)23-25-19(28)21(2,22-20(25)29)12-11-15-8-5-4-6-9-15/h4-6,8-9,16H,3,7,10-14H2,1-2H3,(H,22,29)(H,23,27). The van der Waals surface area contributed by atoms with E-state index >= 15 is 0 Å². The summed E-state index contributed by atoms with van der Waals surface area (Å²) in [6.45, 7) is 4.41. The molecule has 8 nitrogen and oxygen atoms in total. The van der Waals surface area contributed by atoms with Gasteiger partial charge in [0, 0.05) is 19.5 Å². The van der Waals surface area contributed by atoms with Crippen LogP contribution in [0.15, 0.2) is 30.3 Å². The lowest BCUT2D eigenvalue weighted by molar-refractivity contribution is -0.142. The number of carbonyl (C=O) groups is 4. The number of nitrogens with zero attached hydrogens (tertiary/aromatic N) is 2. The average Bonchev–Trinajstić information content (AvgIpc) is 2.95. The van der Waals surface area contributed by atoms with Crippen LogP contribution in [-0.4, -0.2) is 52.3 Å². The van der Waals surface area contributed by atoms with Gasteiger partial charge in [-0.05, 0) is 38.2 Å². The van der Waals surface area contributed by atoms with Crippen molar-refractivity contribution in [1.82, 2.24) is 20.7 Å². The van der Waals surface area contributed by atoms with Crippen molar-refractivity contribution in [3.63, 3.8) is 0 Å². The zero-order chi connectivity index (χ0) is 21.0. The second-order valence-electron chi connectivity index (χ2n) is 7.90. The maximum absolute atomic E-state index is 12.9. The van der Waals surface area contributed by atoms with Crippen molar-refractivity contribution in [2.45, 2.75) is 51.5 Å². The van der Waals surface area contributed by atoms with Crippen molar-refractivity contribution >= 4 is 23.8 Å². The molecule has 2 unspecified atom stereocenters. The molecule has 2 saturated heterocycles. The average molecular weight is 400 g/mol. The number of carbonyl (C=O) groups excluding carboxylic acids is 4. The molecule has 5 amide bonds. The van der Waals surface area contributed by atoms with E-state index in [0.717, 1.165) is 17.0 Å². The molecule has 8 heteroatoms. The van der Waals surface area contributed by atoms with Gasteiger partial charge in [0.15, 0.2) is 0 Å². The van der Waals surface area contributed by atoms with Gasteiger partial charge in [-0.25, -0.2) is 4.79 Å². The zero-order valence-electron chi connectivity index (χ0n) is 16.9. The Bertz CT molecular complexity index is 797. The van der Waals surface area contributed by atoms with Crippen LogP contribution in [0.2, 0.25) is 0 Å². The molecular formula is C21H28N4O4. The molecule has 1 aromatic carbocycles. The van der Waals surface area contributed by atoms with Crippen LogP contribution in [0.4, 0.5) is 4.79 Å². The first-order chi connectivity index (χ1) is 13.8. The monoisotopic (exact) mass is 400 g/mol. The third kappa shape index (κ3) is 4.58. The van der Waals surface area contributed by atoms with Gasteiger partial charge in [0.05, 0.1) is 5.92 Å². The molecule has 2 fully saturated rings. The summed E-state index contributed by atoms with van der Waals surface area (Å²) in [5.74, 6) is -1.31. The second-order valence-corrected chi connectivity index (χ2v) is 7.90. The van der Waals surface area contributed by atoms with Crippen LogP contribution in [0.5, 0.6) is 0 Å². The Hall–Kier alpha value is -2.90. The number of benzene rings is 1. The summed E-state index contributed by atoms with van der Waals surface area (Å²) in [6.07, 6.45) is 2.78. The zero-order valence-corrected chi connectivity index (χ0v) is 16.9. The summed E-state index contributed by atoms with van der Waals surface area (Å²) in [6, 6.07) is 9.08. The van der Waals surface area contributed by atoms with Crippen LogP contribution >= 0.6 is 0 Å². The largest absolute Gasteiger partial charge is 0.344 e. The van der Waals surface area contributed by atoms with Crippen molar-refractivity contribution in [2.24, 2.45) is 5.92 Å². The minimum atomic E-state index is -1.07. The SMILES string of the molecule is CCC(=O)N1CCCC(C(=O)NN2C(=O)NC(C)(CCc3ccccc3)C2=O)C1. The number of hydrogen-bond donors (Lipinski definition) is 2. The molecule has 2 atom stereocenters. The van der Waals surface area contributed by atoms with E-state index in [1.54, 1.807) is 18.7 Å². The highest BCUT2D eigenvalue weighted by atomic mass is 16.2. The lowest BCUT2D eigenvalue weighted by atomic mass is 9.93. The molecule has 0 bridgehead atoms. The summed E-state index contributed by atoms with van der Waals surface area (Å²) in [5, 5.41) is 3.49. The lowest BCUT2D eigenvalue weighted by Gasteiger charge is -2.32. The van der Waals surface area contributed by atoms with Gasteiger partial charge in [-0.15, -0.1) is 0 Å². The van der Waals surface area contributed by atoms with Gasteiger partial charge in [-0.3, -0.25) is 19.8 Å². The number of imide groups is 1. The van der Waals surface area contributed by atoms with E-state index in [2.05, 4.69) is 10.7 Å². The summed E-state index contributed by atoms with van der Waals surface area (Å²) < 4.78 is 0. The highest BCUT2D eigenvalue weighted by molar-refractivity contribution is 6.07. The number of hydrazine groups is 1. The molecule has 1 aromatic rings. The van der Waals surface area contributed by atoms with E-state index in [1.165, 1.54) is 0 Å². The molecular weight excluding hydrogens is 372 g/mol. The molecule has 0 saturated carbocycles. The van der Waals surface area contributed by atoms with E-state index in [1.807, 2.05) is 30.3 Å². The van der Waals surface area contributed by atoms with Crippen molar-refractivity contribution < 1.29 is 19.2 Å². The van der Waals surface area contributed by atoms with E-state index in [0.29, 0.717) is 38.8 Å². The maximum Gasteiger partial charge on any atom is 0.344 e. The number of rotatable bonds is 6. The number of amides is 5. The van der Waals surface area contributed by atoms with Crippen LogP contribution in [0.1, 0.15) is 45.1 Å². The first-order valence-electron chi connectivity index (χ1n) is 10.1. The smallest absolute Gasteiger partial charge is 0.342 e. The molecule has 2 aliphatic heterocycles. The Morgan fingerprint density at radius 2 is 1.97 bits per heavy atom. The normalized spacial score (nSPS) is 24.4. The van der Waals surface area contributed by atoms with Crippen LogP contribution in [0.25, 0.3) is 0 Å². The third-order valence-electron chi connectivity index (χ3n) is 5.69. The Labute approximate surface area is 170 Å². The predicted octanol–water partition coefficient (Wildman–Crippen LogP) is 1.61. The third-order valence-corrected chi connectivity index (χ3v) is 5.69. The predicted molar refractivity (Wildman–Crippen MR) is 106 cm³/mol.